The molecule has 0 aromatic heterocycles. The van der Waals surface area contributed by atoms with Gasteiger partial charge in [-0.1, -0.05) is 12.1 Å². The van der Waals surface area contributed by atoms with Gasteiger partial charge in [0.2, 0.25) is 5.91 Å². The summed E-state index contributed by atoms with van der Waals surface area (Å²) in [4.78, 5) is 13.2. The minimum Gasteiger partial charge on any atom is -0.336 e. The van der Waals surface area contributed by atoms with Crippen LogP contribution in [0.5, 0.6) is 0 Å². The molecule has 2 nitrogen and oxygen atoms in total. The largest absolute Gasteiger partial charge is 0.336 e. The van der Waals surface area contributed by atoms with Gasteiger partial charge in [-0.25, -0.2) is 8.78 Å². The van der Waals surface area contributed by atoms with Crippen molar-refractivity contribution in [2.24, 2.45) is 0 Å². The van der Waals surface area contributed by atoms with E-state index >= 15 is 0 Å². The number of rotatable bonds is 2. The molecule has 2 rings (SSSR count). The molecule has 1 fully saturated rings. The van der Waals surface area contributed by atoms with E-state index in [9.17, 15) is 13.6 Å². The summed E-state index contributed by atoms with van der Waals surface area (Å²) in [6.45, 7) is 0.00892. The van der Waals surface area contributed by atoms with Crippen LogP contribution >= 0.6 is 22.6 Å². The lowest BCUT2D eigenvalue weighted by molar-refractivity contribution is -0.140. The second-order valence-corrected chi connectivity index (χ2v) is 5.82. The number of amides is 1. The minimum absolute atomic E-state index is 0.111. The number of alkyl halides is 2. The van der Waals surface area contributed by atoms with Gasteiger partial charge in [-0.05, 0) is 46.7 Å². The minimum atomic E-state index is -2.72. The van der Waals surface area contributed by atoms with Gasteiger partial charge in [0.1, 0.15) is 0 Å². The van der Waals surface area contributed by atoms with E-state index in [2.05, 4.69) is 22.6 Å². The van der Waals surface area contributed by atoms with Gasteiger partial charge in [0.15, 0.2) is 0 Å². The zero-order chi connectivity index (χ0) is 13.2. The van der Waals surface area contributed by atoms with Crippen molar-refractivity contribution in [3.8, 4) is 0 Å². The summed E-state index contributed by atoms with van der Waals surface area (Å²) in [5.41, 5.74) is 0.870. The molecule has 5 heteroatoms. The number of halogens is 3. The highest BCUT2D eigenvalue weighted by Gasteiger charge is 2.36. The van der Waals surface area contributed by atoms with Crippen LogP contribution in [0.2, 0.25) is 0 Å². The molecule has 0 radical (unpaired) electrons. The molecule has 1 aliphatic rings. The number of nitrogens with zero attached hydrogens (tertiary/aromatic N) is 1. The average Bonchev–Trinajstić information content (AvgIpc) is 2.31. The van der Waals surface area contributed by atoms with Crippen molar-refractivity contribution < 1.29 is 13.6 Å². The molecular weight excluding hydrogens is 351 g/mol. The van der Waals surface area contributed by atoms with Crippen LogP contribution in [-0.4, -0.2) is 29.8 Å². The van der Waals surface area contributed by atoms with E-state index in [-0.39, 0.29) is 18.7 Å². The highest BCUT2D eigenvalue weighted by Crippen LogP contribution is 2.26. The molecular formula is C13H14F2INO. The molecule has 0 N–H and O–H groups in total. The lowest BCUT2D eigenvalue weighted by Crippen LogP contribution is -2.46. The second-order valence-electron chi connectivity index (χ2n) is 4.58. The molecule has 0 spiro atoms. The van der Waals surface area contributed by atoms with Gasteiger partial charge < -0.3 is 4.90 Å². The Kier molecular flexibility index (Phi) is 4.19. The fraction of sp³-hybridized carbons (Fsp3) is 0.462. The first-order chi connectivity index (χ1) is 8.46. The smallest absolute Gasteiger partial charge is 0.265 e. The van der Waals surface area contributed by atoms with E-state index in [1.54, 1.807) is 0 Å². The van der Waals surface area contributed by atoms with Crippen LogP contribution in [0, 0.1) is 3.57 Å². The van der Waals surface area contributed by atoms with Crippen LogP contribution in [0.3, 0.4) is 0 Å². The summed E-state index contributed by atoms with van der Waals surface area (Å²) < 4.78 is 27.5. The van der Waals surface area contributed by atoms with Crippen LogP contribution in [-0.2, 0) is 11.2 Å². The van der Waals surface area contributed by atoms with Gasteiger partial charge in [-0.2, -0.15) is 0 Å². The maximum Gasteiger partial charge on any atom is 0.265 e. The van der Waals surface area contributed by atoms with E-state index in [1.165, 1.54) is 4.90 Å². The van der Waals surface area contributed by atoms with E-state index < -0.39 is 12.5 Å². The Balaban J connectivity index is 1.97. The number of hydrogen-bond acceptors (Lipinski definition) is 1. The van der Waals surface area contributed by atoms with E-state index in [1.807, 2.05) is 24.3 Å². The normalized spacial score (nSPS) is 18.7. The third-order valence-electron chi connectivity index (χ3n) is 3.01. The third kappa shape index (κ3) is 3.63. The molecule has 1 aromatic rings. The summed E-state index contributed by atoms with van der Waals surface area (Å²) in [6, 6.07) is 7.55. The SMILES string of the molecule is O=C(Cc1ccc(I)cc1)N1CCCC(F)(F)C1. The Labute approximate surface area is 118 Å². The quantitative estimate of drug-likeness (QED) is 0.738. The summed E-state index contributed by atoms with van der Waals surface area (Å²) in [7, 11) is 0. The molecule has 18 heavy (non-hydrogen) atoms. The van der Waals surface area contributed by atoms with Crippen LogP contribution in [0.15, 0.2) is 24.3 Å². The fourth-order valence-corrected chi connectivity index (χ4v) is 2.43. The number of likely N-dealkylation sites (tertiary alicyclic amines) is 1. The molecule has 0 unspecified atom stereocenters. The third-order valence-corrected chi connectivity index (χ3v) is 3.73. The van der Waals surface area contributed by atoms with Crippen molar-refractivity contribution >= 4 is 28.5 Å². The van der Waals surface area contributed by atoms with Gasteiger partial charge in [0.25, 0.3) is 5.92 Å². The molecule has 1 aliphatic heterocycles. The van der Waals surface area contributed by atoms with Gasteiger partial charge in [-0.15, -0.1) is 0 Å². The monoisotopic (exact) mass is 365 g/mol. The predicted molar refractivity (Wildman–Crippen MR) is 73.6 cm³/mol. The molecule has 0 saturated carbocycles. The van der Waals surface area contributed by atoms with E-state index in [4.69, 9.17) is 0 Å². The number of carbonyl (C=O) groups excluding carboxylic acids is 1. The first kappa shape index (κ1) is 13.7. The zero-order valence-corrected chi connectivity index (χ0v) is 12.0. The van der Waals surface area contributed by atoms with Crippen molar-refractivity contribution in [2.75, 3.05) is 13.1 Å². The molecule has 1 amide bonds. The standard InChI is InChI=1S/C13H14F2INO/c14-13(15)6-1-7-17(9-13)12(18)8-10-2-4-11(16)5-3-10/h2-5H,1,6-9H2. The first-order valence-corrected chi connectivity index (χ1v) is 6.94. The molecule has 1 heterocycles. The second kappa shape index (κ2) is 5.50. The summed E-state index contributed by atoms with van der Waals surface area (Å²) >= 11 is 2.18. The summed E-state index contributed by atoms with van der Waals surface area (Å²) in [5, 5.41) is 0. The Morgan fingerprint density at radius 1 is 1.33 bits per heavy atom. The topological polar surface area (TPSA) is 20.3 Å². The highest BCUT2D eigenvalue weighted by atomic mass is 127. The number of piperidine rings is 1. The Bertz CT molecular complexity index is 433. The lowest BCUT2D eigenvalue weighted by atomic mass is 10.1. The number of hydrogen-bond donors (Lipinski definition) is 0. The molecule has 0 atom stereocenters. The Morgan fingerprint density at radius 3 is 2.61 bits per heavy atom. The number of benzene rings is 1. The predicted octanol–water partition coefficient (Wildman–Crippen LogP) is 3.09. The van der Waals surface area contributed by atoms with Crippen molar-refractivity contribution in [2.45, 2.75) is 25.2 Å². The highest BCUT2D eigenvalue weighted by molar-refractivity contribution is 14.1. The van der Waals surface area contributed by atoms with Gasteiger partial charge in [0.05, 0.1) is 13.0 Å². The molecule has 0 aliphatic carbocycles. The molecule has 1 saturated heterocycles. The van der Waals surface area contributed by atoms with Crippen LogP contribution in [0.4, 0.5) is 8.78 Å². The maximum absolute atomic E-state index is 13.2. The van der Waals surface area contributed by atoms with Crippen molar-refractivity contribution in [1.82, 2.24) is 4.90 Å². The first-order valence-electron chi connectivity index (χ1n) is 5.86. The lowest BCUT2D eigenvalue weighted by Gasteiger charge is -2.32. The van der Waals surface area contributed by atoms with Crippen LogP contribution in [0.1, 0.15) is 18.4 Å². The Morgan fingerprint density at radius 2 is 2.00 bits per heavy atom. The fourth-order valence-electron chi connectivity index (χ4n) is 2.07. The summed E-state index contributed by atoms with van der Waals surface area (Å²) in [6.07, 6.45) is 0.471. The van der Waals surface area contributed by atoms with Crippen molar-refractivity contribution in [3.05, 3.63) is 33.4 Å². The summed E-state index contributed by atoms with van der Waals surface area (Å²) in [5.74, 6) is -2.93. The Hall–Kier alpha value is -0.720. The van der Waals surface area contributed by atoms with E-state index in [0.29, 0.717) is 13.0 Å². The maximum atomic E-state index is 13.2. The van der Waals surface area contributed by atoms with Crippen molar-refractivity contribution in [3.63, 3.8) is 0 Å². The number of carbonyl (C=O) groups is 1. The molecule has 0 bridgehead atoms. The van der Waals surface area contributed by atoms with Gasteiger partial charge in [-0.3, -0.25) is 4.79 Å². The van der Waals surface area contributed by atoms with Crippen molar-refractivity contribution in [1.29, 1.82) is 0 Å². The van der Waals surface area contributed by atoms with E-state index in [0.717, 1.165) is 9.13 Å². The average molecular weight is 365 g/mol. The van der Waals surface area contributed by atoms with Crippen LogP contribution in [0.25, 0.3) is 0 Å². The van der Waals surface area contributed by atoms with Crippen LogP contribution < -0.4 is 0 Å². The molecule has 1 aromatic carbocycles. The van der Waals surface area contributed by atoms with Gasteiger partial charge >= 0.3 is 0 Å². The van der Waals surface area contributed by atoms with Gasteiger partial charge in [0, 0.05) is 16.5 Å². The zero-order valence-electron chi connectivity index (χ0n) is 9.83. The molecule has 98 valence electrons.